The first-order valence-corrected chi connectivity index (χ1v) is 5.91. The van der Waals surface area contributed by atoms with E-state index in [-0.39, 0.29) is 5.83 Å². The second-order valence-electron chi connectivity index (χ2n) is 3.57. The zero-order chi connectivity index (χ0) is 11.5. The van der Waals surface area contributed by atoms with Gasteiger partial charge in [0.25, 0.3) is 0 Å². The maximum absolute atomic E-state index is 13.8. The molecule has 1 aliphatic rings. The van der Waals surface area contributed by atoms with E-state index in [1.54, 1.807) is 13.2 Å². The number of rotatable bonds is 2. The summed E-state index contributed by atoms with van der Waals surface area (Å²) in [5.74, 6) is 0.516. The summed E-state index contributed by atoms with van der Waals surface area (Å²) in [6, 6.07) is 7.47. The Balaban J connectivity index is 2.55. The molecule has 3 heteroatoms. The third-order valence-electron chi connectivity index (χ3n) is 2.57. The van der Waals surface area contributed by atoms with Crippen molar-refractivity contribution in [2.75, 3.05) is 7.11 Å². The maximum Gasteiger partial charge on any atom is 0.128 e. The Kier molecular flexibility index (Phi) is 3.44. The van der Waals surface area contributed by atoms with Crippen LogP contribution in [-0.4, -0.2) is 7.11 Å². The van der Waals surface area contributed by atoms with Gasteiger partial charge in [0.15, 0.2) is 0 Å². The van der Waals surface area contributed by atoms with Crippen LogP contribution >= 0.6 is 15.9 Å². The van der Waals surface area contributed by atoms with Crippen molar-refractivity contribution in [3.05, 3.63) is 46.2 Å². The van der Waals surface area contributed by atoms with Crippen molar-refractivity contribution in [3.8, 4) is 5.75 Å². The molecular formula is C13H12BrFO. The van der Waals surface area contributed by atoms with E-state index in [1.807, 2.05) is 24.3 Å². The molecule has 0 unspecified atom stereocenters. The predicted octanol–water partition coefficient (Wildman–Crippen LogP) is 4.45. The van der Waals surface area contributed by atoms with Crippen LogP contribution < -0.4 is 4.74 Å². The molecule has 0 fully saturated rings. The van der Waals surface area contributed by atoms with Crippen molar-refractivity contribution >= 4 is 21.5 Å². The quantitative estimate of drug-likeness (QED) is 0.779. The summed E-state index contributed by atoms with van der Waals surface area (Å²) in [6.45, 7) is 0. The van der Waals surface area contributed by atoms with Gasteiger partial charge in [-0.1, -0.05) is 34.1 Å². The predicted molar refractivity (Wildman–Crippen MR) is 67.3 cm³/mol. The Labute approximate surface area is 103 Å². The molecule has 0 spiro atoms. The second kappa shape index (κ2) is 4.83. The molecule has 1 aromatic rings. The first-order valence-electron chi connectivity index (χ1n) is 5.12. The minimum absolute atomic E-state index is 0.178. The van der Waals surface area contributed by atoms with Gasteiger partial charge >= 0.3 is 0 Å². The molecule has 0 aliphatic heterocycles. The van der Waals surface area contributed by atoms with Gasteiger partial charge in [0, 0.05) is 15.6 Å². The van der Waals surface area contributed by atoms with E-state index in [4.69, 9.17) is 4.74 Å². The van der Waals surface area contributed by atoms with Gasteiger partial charge in [-0.05, 0) is 25.0 Å². The molecule has 2 rings (SSSR count). The molecule has 0 atom stereocenters. The second-order valence-corrected chi connectivity index (χ2v) is 4.53. The average Bonchev–Trinajstić information content (AvgIpc) is 2.29. The fraction of sp³-hybridized carbons (Fsp3) is 0.231. The van der Waals surface area contributed by atoms with Gasteiger partial charge in [0.2, 0.25) is 0 Å². The summed E-state index contributed by atoms with van der Waals surface area (Å²) >= 11 is 3.44. The number of hydrogen-bond donors (Lipinski definition) is 0. The van der Waals surface area contributed by atoms with Crippen LogP contribution in [0.25, 0.3) is 5.57 Å². The van der Waals surface area contributed by atoms with Crippen LogP contribution in [0.15, 0.2) is 40.7 Å². The van der Waals surface area contributed by atoms with Crippen LogP contribution in [0.3, 0.4) is 0 Å². The van der Waals surface area contributed by atoms with Gasteiger partial charge in [-0.2, -0.15) is 0 Å². The molecule has 0 amide bonds. The van der Waals surface area contributed by atoms with Crippen molar-refractivity contribution in [2.45, 2.75) is 12.8 Å². The van der Waals surface area contributed by atoms with Crippen molar-refractivity contribution in [1.82, 2.24) is 0 Å². The summed E-state index contributed by atoms with van der Waals surface area (Å²) in [7, 11) is 1.59. The van der Waals surface area contributed by atoms with E-state index in [9.17, 15) is 4.39 Å². The summed E-state index contributed by atoms with van der Waals surface area (Å²) in [5.41, 5.74) is 1.41. The van der Waals surface area contributed by atoms with Crippen LogP contribution in [0.2, 0.25) is 0 Å². The van der Waals surface area contributed by atoms with E-state index in [0.29, 0.717) is 11.3 Å². The van der Waals surface area contributed by atoms with Crippen LogP contribution in [0.5, 0.6) is 5.75 Å². The third kappa shape index (κ3) is 2.05. The fourth-order valence-corrected chi connectivity index (χ4v) is 2.44. The van der Waals surface area contributed by atoms with E-state index >= 15 is 0 Å². The first kappa shape index (κ1) is 11.4. The monoisotopic (exact) mass is 282 g/mol. The van der Waals surface area contributed by atoms with Crippen LogP contribution in [0, 0.1) is 0 Å². The number of methoxy groups -OCH3 is 1. The molecule has 84 valence electrons. The highest BCUT2D eigenvalue weighted by Gasteiger charge is 2.19. The molecule has 16 heavy (non-hydrogen) atoms. The van der Waals surface area contributed by atoms with E-state index in [1.165, 1.54) is 0 Å². The Morgan fingerprint density at radius 1 is 1.31 bits per heavy atom. The van der Waals surface area contributed by atoms with Gasteiger partial charge in [0.05, 0.1) is 7.11 Å². The minimum atomic E-state index is -0.178. The number of hydrogen-bond acceptors (Lipinski definition) is 1. The van der Waals surface area contributed by atoms with E-state index in [2.05, 4.69) is 15.9 Å². The molecule has 1 aromatic carbocycles. The number of benzene rings is 1. The van der Waals surface area contributed by atoms with Crippen LogP contribution in [0.1, 0.15) is 18.4 Å². The van der Waals surface area contributed by atoms with Gasteiger partial charge < -0.3 is 4.74 Å². The van der Waals surface area contributed by atoms with Crippen molar-refractivity contribution in [2.24, 2.45) is 0 Å². The molecule has 0 saturated carbocycles. The molecule has 0 bridgehead atoms. The van der Waals surface area contributed by atoms with Gasteiger partial charge in [-0.3, -0.25) is 0 Å². The minimum Gasteiger partial charge on any atom is -0.496 e. The van der Waals surface area contributed by atoms with Crippen molar-refractivity contribution in [3.63, 3.8) is 0 Å². The number of allylic oxidation sites excluding steroid dienone is 4. The third-order valence-corrected chi connectivity index (χ3v) is 3.37. The number of para-hydroxylation sites is 1. The fourth-order valence-electron chi connectivity index (χ4n) is 1.81. The Bertz CT molecular complexity index is 463. The van der Waals surface area contributed by atoms with Crippen molar-refractivity contribution in [1.29, 1.82) is 0 Å². The molecule has 1 nitrogen and oxygen atoms in total. The Hall–Kier alpha value is -1.09. The van der Waals surface area contributed by atoms with Gasteiger partial charge in [0.1, 0.15) is 11.6 Å². The lowest BCUT2D eigenvalue weighted by Gasteiger charge is -2.16. The highest BCUT2D eigenvalue weighted by atomic mass is 79.9. The smallest absolute Gasteiger partial charge is 0.128 e. The molecule has 0 N–H and O–H groups in total. The van der Waals surface area contributed by atoms with E-state index < -0.39 is 0 Å². The lowest BCUT2D eigenvalue weighted by atomic mass is 9.97. The Morgan fingerprint density at radius 2 is 2.06 bits per heavy atom. The Morgan fingerprint density at radius 3 is 2.75 bits per heavy atom. The van der Waals surface area contributed by atoms with Crippen LogP contribution in [-0.2, 0) is 0 Å². The highest BCUT2D eigenvalue weighted by Crippen LogP contribution is 2.40. The number of ether oxygens (including phenoxy) is 1. The number of halogens is 2. The molecular weight excluding hydrogens is 271 g/mol. The summed E-state index contributed by atoms with van der Waals surface area (Å²) in [4.78, 5) is 0. The van der Waals surface area contributed by atoms with Gasteiger partial charge in [-0.15, -0.1) is 0 Å². The highest BCUT2D eigenvalue weighted by molar-refractivity contribution is 9.11. The average molecular weight is 283 g/mol. The maximum atomic E-state index is 13.8. The summed E-state index contributed by atoms with van der Waals surface area (Å²) in [5, 5.41) is 0. The van der Waals surface area contributed by atoms with E-state index in [0.717, 1.165) is 22.9 Å². The molecule has 0 saturated heterocycles. The molecule has 0 radical (unpaired) electrons. The SMILES string of the molecule is COc1ccccc1C1=C(Br)CCC=C1F. The zero-order valence-electron chi connectivity index (χ0n) is 8.97. The lowest BCUT2D eigenvalue weighted by Crippen LogP contribution is -1.97. The lowest BCUT2D eigenvalue weighted by molar-refractivity contribution is 0.413. The summed E-state index contributed by atoms with van der Waals surface area (Å²) in [6.07, 6.45) is 3.19. The molecule has 0 heterocycles. The summed E-state index contributed by atoms with van der Waals surface area (Å²) < 4.78 is 20.0. The largest absolute Gasteiger partial charge is 0.496 e. The zero-order valence-corrected chi connectivity index (χ0v) is 10.6. The topological polar surface area (TPSA) is 9.23 Å². The standard InChI is InChI=1S/C13H12BrFO/c1-16-12-8-3-2-5-9(12)13-10(14)6-4-7-11(13)15/h2-3,5,7-8H,4,6H2,1H3. The normalized spacial score (nSPS) is 16.1. The van der Waals surface area contributed by atoms with Gasteiger partial charge in [-0.25, -0.2) is 4.39 Å². The molecule has 1 aliphatic carbocycles. The molecule has 0 aromatic heterocycles. The van der Waals surface area contributed by atoms with Crippen LogP contribution in [0.4, 0.5) is 4.39 Å². The first-order chi connectivity index (χ1) is 7.74. The van der Waals surface area contributed by atoms with Crippen molar-refractivity contribution < 1.29 is 9.13 Å².